The fraction of sp³-hybridized carbons (Fsp3) is 0.404. The molecule has 0 bridgehead atoms. The number of aromatic nitrogens is 3. The Bertz CT molecular complexity index is 2880. The van der Waals surface area contributed by atoms with Gasteiger partial charge in [-0.3, -0.25) is 9.59 Å². The van der Waals surface area contributed by atoms with Crippen LogP contribution in [0.5, 0.6) is 17.2 Å². The van der Waals surface area contributed by atoms with Gasteiger partial charge in [0, 0.05) is 65.9 Å². The zero-order valence-electron chi connectivity index (χ0n) is 41.1. The molecule has 1 aliphatic rings. The van der Waals surface area contributed by atoms with Gasteiger partial charge in [-0.05, 0) is 81.8 Å². The van der Waals surface area contributed by atoms with Gasteiger partial charge in [-0.25, -0.2) is 4.39 Å². The van der Waals surface area contributed by atoms with Crippen molar-refractivity contribution in [3.63, 3.8) is 0 Å². The van der Waals surface area contributed by atoms with E-state index in [0.29, 0.717) is 108 Å². The molecule has 4 heterocycles. The Hall–Kier alpha value is -7.25. The summed E-state index contributed by atoms with van der Waals surface area (Å²) in [5, 5.41) is 16.8. The number of carbonyl (C=O) groups is 1. The number of fused-ring (bicyclic) bond motifs is 1. The first-order valence-electron chi connectivity index (χ1n) is 23.7. The average molecular weight is 1020 g/mol. The number of aromatic amines is 1. The van der Waals surface area contributed by atoms with Crippen LogP contribution >= 0.6 is 0 Å². The molecule has 3 aromatic heterocycles. The van der Waals surface area contributed by atoms with Crippen LogP contribution < -0.4 is 41.0 Å². The smallest absolute Gasteiger partial charge is 0.406 e. The van der Waals surface area contributed by atoms with Crippen LogP contribution in [0.3, 0.4) is 0 Å². The zero-order chi connectivity index (χ0) is 51.7. The van der Waals surface area contributed by atoms with Gasteiger partial charge in [0.1, 0.15) is 48.0 Å². The van der Waals surface area contributed by atoms with Crippen molar-refractivity contribution >= 4 is 39.6 Å². The molecule has 0 saturated carbocycles. The summed E-state index contributed by atoms with van der Waals surface area (Å²) in [6.07, 6.45) is -3.42. The van der Waals surface area contributed by atoms with Gasteiger partial charge < -0.3 is 68.7 Å². The molecular weight excluding hydrogens is 957 g/mol. The third kappa shape index (κ3) is 15.6. The number of alkyl halides is 4. The van der Waals surface area contributed by atoms with Crippen molar-refractivity contribution in [1.29, 1.82) is 0 Å². The van der Waals surface area contributed by atoms with Crippen molar-refractivity contribution in [1.82, 2.24) is 24.9 Å². The fourth-order valence-corrected chi connectivity index (χ4v) is 8.12. The molecular formula is C52H60F4N8O9. The Morgan fingerprint density at radius 2 is 1.66 bits per heavy atom. The SMILES string of the molecule is COc1cc(OCCOCCOCCOCCNC(=O)COc2cccc(Nc3cc(-c4c(C)noc4C)c[nH]c3=O)c2)ccc1NCC#Cc1cc2c(N[C@@H]3CCN(C)C[C@@H]3F)cccc2n1CC(F)(F)F. The first kappa shape index (κ1) is 53.5. The van der Waals surface area contributed by atoms with Gasteiger partial charge >= 0.3 is 6.18 Å². The van der Waals surface area contributed by atoms with E-state index in [9.17, 15) is 27.2 Å². The number of benzene rings is 3. The van der Waals surface area contributed by atoms with Gasteiger partial charge in [-0.1, -0.05) is 23.2 Å². The van der Waals surface area contributed by atoms with Gasteiger partial charge in [0.05, 0.1) is 81.9 Å². The lowest BCUT2D eigenvalue weighted by Gasteiger charge is -2.33. The summed E-state index contributed by atoms with van der Waals surface area (Å²) in [5.74, 6) is 7.61. The second kappa shape index (κ2) is 25.9. The number of nitrogens with one attached hydrogen (secondary N) is 5. The molecule has 1 amide bonds. The monoisotopic (exact) mass is 1020 g/mol. The minimum atomic E-state index is -4.49. The van der Waals surface area contributed by atoms with E-state index >= 15 is 0 Å². The number of H-pyrrole nitrogens is 1. The number of nitrogens with zero attached hydrogens (tertiary/aromatic N) is 3. The molecule has 0 aliphatic carbocycles. The number of pyridine rings is 1. The highest BCUT2D eigenvalue weighted by atomic mass is 19.4. The van der Waals surface area contributed by atoms with Gasteiger partial charge in [0.15, 0.2) is 6.61 Å². The number of carbonyl (C=O) groups excluding carboxylic acids is 1. The van der Waals surface area contributed by atoms with Crippen molar-refractivity contribution in [3.8, 4) is 40.2 Å². The van der Waals surface area contributed by atoms with Crippen LogP contribution in [0.4, 0.5) is 40.3 Å². The van der Waals surface area contributed by atoms with Crippen molar-refractivity contribution < 1.29 is 55.3 Å². The van der Waals surface area contributed by atoms with E-state index in [-0.39, 0.29) is 56.6 Å². The van der Waals surface area contributed by atoms with Crippen molar-refractivity contribution in [2.24, 2.45) is 0 Å². The third-order valence-electron chi connectivity index (χ3n) is 11.6. The number of ether oxygens (including phenoxy) is 6. The predicted molar refractivity (Wildman–Crippen MR) is 269 cm³/mol. The second-order valence-corrected chi connectivity index (χ2v) is 17.1. The fourth-order valence-electron chi connectivity index (χ4n) is 8.12. The Morgan fingerprint density at radius 1 is 0.904 bits per heavy atom. The molecule has 1 aliphatic heterocycles. The van der Waals surface area contributed by atoms with E-state index in [0.717, 1.165) is 15.7 Å². The molecule has 7 rings (SSSR count). The standard InChI is InChI=1S/C52H60F4N8O9/c1-34-50(35(2)73-62-34)36-26-46(51(66)59-30-36)60-37-8-5-10-39(27-37)72-32-49(65)58-17-19-68-20-21-69-22-23-70-24-25-71-40-13-14-45(48(29-40)67-4)57-16-7-9-38-28-41-43(61-44-15-18-63(3)31-42(44)53)11-6-12-47(41)64(38)33-52(54,55)56/h5-6,8,10-14,26-30,42,44,57,60-61H,15-25,31-33H2,1-4H3,(H,58,65)(H,59,66)/t42-,44+/m0/s1. The highest BCUT2D eigenvalue weighted by Gasteiger charge is 2.31. The molecule has 6 aromatic rings. The number of rotatable bonds is 25. The summed E-state index contributed by atoms with van der Waals surface area (Å²) in [5.41, 5.74) is 4.59. The van der Waals surface area contributed by atoms with Crippen LogP contribution in [0.15, 0.2) is 88.3 Å². The summed E-state index contributed by atoms with van der Waals surface area (Å²) >= 11 is 0. The highest BCUT2D eigenvalue weighted by molar-refractivity contribution is 5.94. The highest BCUT2D eigenvalue weighted by Crippen LogP contribution is 2.33. The maximum Gasteiger partial charge on any atom is 0.406 e. The van der Waals surface area contributed by atoms with Crippen LogP contribution in [0.1, 0.15) is 23.6 Å². The van der Waals surface area contributed by atoms with Gasteiger partial charge in [0.2, 0.25) is 0 Å². The maximum absolute atomic E-state index is 14.9. The number of hydrogen-bond acceptors (Lipinski definition) is 14. The van der Waals surface area contributed by atoms with Crippen LogP contribution in [-0.4, -0.2) is 137 Å². The number of anilines is 4. The molecule has 73 heavy (non-hydrogen) atoms. The topological polar surface area (TPSA) is 188 Å². The quantitative estimate of drug-likeness (QED) is 0.0216. The van der Waals surface area contributed by atoms with E-state index in [1.165, 1.54) is 7.11 Å². The van der Waals surface area contributed by atoms with Gasteiger partial charge in [-0.15, -0.1) is 0 Å². The summed E-state index contributed by atoms with van der Waals surface area (Å²) < 4.78 is 96.2. The van der Waals surface area contributed by atoms with Gasteiger partial charge in [0.25, 0.3) is 11.5 Å². The average Bonchev–Trinajstić information content (AvgIpc) is 3.89. The number of methoxy groups -OCH3 is 1. The predicted octanol–water partition coefficient (Wildman–Crippen LogP) is 7.46. The molecule has 0 unspecified atom stereocenters. The van der Waals surface area contributed by atoms with Gasteiger partial charge in [-0.2, -0.15) is 13.2 Å². The molecule has 17 nitrogen and oxygen atoms in total. The summed E-state index contributed by atoms with van der Waals surface area (Å²) in [7, 11) is 3.37. The Kier molecular flexibility index (Phi) is 19.0. The first-order valence-corrected chi connectivity index (χ1v) is 23.7. The van der Waals surface area contributed by atoms with E-state index in [4.69, 9.17) is 32.9 Å². The van der Waals surface area contributed by atoms with Crippen LogP contribution in [0, 0.1) is 25.7 Å². The molecule has 1 fully saturated rings. The van der Waals surface area contributed by atoms with Crippen molar-refractivity contribution in [3.05, 3.63) is 106 Å². The molecule has 0 spiro atoms. The van der Waals surface area contributed by atoms with E-state index < -0.39 is 24.9 Å². The Labute approximate surface area is 419 Å². The zero-order valence-corrected chi connectivity index (χ0v) is 41.1. The number of hydrogen-bond donors (Lipinski definition) is 5. The lowest BCUT2D eigenvalue weighted by molar-refractivity contribution is -0.140. The van der Waals surface area contributed by atoms with Crippen LogP contribution in [0.25, 0.3) is 22.0 Å². The van der Waals surface area contributed by atoms with Crippen molar-refractivity contribution in [2.45, 2.75) is 45.2 Å². The largest absolute Gasteiger partial charge is 0.494 e. The molecule has 3 aromatic carbocycles. The number of piperidine rings is 1. The number of halogens is 4. The molecule has 2 atom stereocenters. The molecule has 1 saturated heterocycles. The maximum atomic E-state index is 14.9. The number of aryl methyl sites for hydroxylation is 2. The minimum Gasteiger partial charge on any atom is -0.494 e. The minimum absolute atomic E-state index is 0.110. The van der Waals surface area contributed by atoms with E-state index in [1.807, 2.05) is 18.9 Å². The third-order valence-corrected chi connectivity index (χ3v) is 11.6. The first-order chi connectivity index (χ1) is 35.2. The lowest BCUT2D eigenvalue weighted by Crippen LogP contribution is -2.46. The normalized spacial score (nSPS) is 14.8. The molecule has 5 N–H and O–H groups in total. The lowest BCUT2D eigenvalue weighted by atomic mass is 10.0. The summed E-state index contributed by atoms with van der Waals surface area (Å²) in [6.45, 7) is 5.79. The Balaban J connectivity index is 0.741. The van der Waals surface area contributed by atoms with E-state index in [2.05, 4.69) is 43.2 Å². The summed E-state index contributed by atoms with van der Waals surface area (Å²) in [6, 6.07) is 20.0. The second-order valence-electron chi connectivity index (χ2n) is 17.1. The number of amides is 1. The number of likely N-dealkylation sites (tertiary alicyclic amines) is 1. The Morgan fingerprint density at radius 3 is 2.40 bits per heavy atom. The van der Waals surface area contributed by atoms with Crippen LogP contribution in [-0.2, 0) is 25.5 Å². The van der Waals surface area contributed by atoms with Crippen LogP contribution in [0.2, 0.25) is 0 Å². The molecule has 390 valence electrons. The summed E-state index contributed by atoms with van der Waals surface area (Å²) in [4.78, 5) is 29.6. The van der Waals surface area contributed by atoms with Crippen molar-refractivity contribution in [2.75, 3.05) is 109 Å². The molecule has 0 radical (unpaired) electrons. The molecule has 21 heteroatoms. The van der Waals surface area contributed by atoms with E-state index in [1.54, 1.807) is 85.9 Å².